The third-order valence-corrected chi connectivity index (χ3v) is 3.62. The third kappa shape index (κ3) is 4.85. The van der Waals surface area contributed by atoms with Crippen LogP contribution in [-0.2, 0) is 9.47 Å². The van der Waals surface area contributed by atoms with Gasteiger partial charge in [-0.05, 0) is 29.0 Å². The summed E-state index contributed by atoms with van der Waals surface area (Å²) in [5.41, 5.74) is 0.220. The second kappa shape index (κ2) is 6.83. The average Bonchev–Trinajstić information content (AvgIpc) is 2.46. The van der Waals surface area contributed by atoms with Crippen LogP contribution in [0.1, 0.15) is 62.3 Å². The van der Waals surface area contributed by atoms with E-state index in [2.05, 4.69) is 0 Å². The average molecular weight is 365 g/mol. The van der Waals surface area contributed by atoms with Gasteiger partial charge in [0.2, 0.25) is 23.1 Å². The first-order valence-corrected chi connectivity index (χ1v) is 8.66. The van der Waals surface area contributed by atoms with Crippen molar-refractivity contribution in [1.29, 1.82) is 0 Å². The van der Waals surface area contributed by atoms with E-state index < -0.39 is 0 Å². The largest absolute Gasteiger partial charge is 0.486 e. The Hall–Kier alpha value is -1.81. The molecule has 1 aromatic carbocycles. The monoisotopic (exact) mass is 364 g/mol. The van der Waals surface area contributed by atoms with E-state index in [1.54, 1.807) is 12.1 Å². The van der Waals surface area contributed by atoms with Crippen LogP contribution in [-0.4, -0.2) is 24.8 Å². The minimum absolute atomic E-state index is 0.0148. The van der Waals surface area contributed by atoms with E-state index in [4.69, 9.17) is 21.1 Å². The molecule has 0 amide bonds. The molecule has 0 radical (unpaired) electrons. The number of carbonyl (C=O) groups excluding carboxylic acids is 2. The summed E-state index contributed by atoms with van der Waals surface area (Å²) in [6, 6.07) is 4.64. The molecule has 1 aliphatic rings. The van der Waals surface area contributed by atoms with E-state index in [1.165, 1.54) is 6.07 Å². The van der Waals surface area contributed by atoms with Gasteiger partial charge in [-0.3, -0.25) is 9.59 Å². The molecule has 0 saturated carbocycles. The Labute approximate surface area is 154 Å². The Morgan fingerprint density at radius 1 is 0.800 bits per heavy atom. The molecule has 0 spiro atoms. The van der Waals surface area contributed by atoms with Crippen molar-refractivity contribution in [2.45, 2.75) is 41.5 Å². The van der Waals surface area contributed by atoms with Gasteiger partial charge >= 0.3 is 0 Å². The van der Waals surface area contributed by atoms with Crippen molar-refractivity contribution in [2.24, 2.45) is 10.8 Å². The van der Waals surface area contributed by atoms with Gasteiger partial charge in [-0.1, -0.05) is 53.1 Å². The van der Waals surface area contributed by atoms with E-state index in [1.807, 2.05) is 41.5 Å². The van der Waals surface area contributed by atoms with E-state index >= 15 is 0 Å². The number of halogens is 1. The molecular formula is C20H25ClO4. The summed E-state index contributed by atoms with van der Waals surface area (Å²) in [7, 11) is 0. The Morgan fingerprint density at radius 3 is 1.68 bits per heavy atom. The first kappa shape index (κ1) is 19.5. The Kier molecular flexibility index (Phi) is 5.33. The minimum atomic E-state index is -0.370. The highest BCUT2D eigenvalue weighted by atomic mass is 35.5. The summed E-state index contributed by atoms with van der Waals surface area (Å²) in [6.07, 6.45) is 0. The lowest BCUT2D eigenvalue weighted by atomic mass is 9.91. The summed E-state index contributed by atoms with van der Waals surface area (Å²) in [5.74, 6) is -0.761. The molecule has 5 heteroatoms. The lowest BCUT2D eigenvalue weighted by molar-refractivity contribution is 0.0571. The summed E-state index contributed by atoms with van der Waals surface area (Å²) in [5, 5.41) is 0.397. The maximum absolute atomic E-state index is 12.9. The Bertz CT molecular complexity index is 733. The van der Waals surface area contributed by atoms with Gasteiger partial charge in [0.25, 0.3) is 0 Å². The molecule has 0 unspecified atom stereocenters. The fourth-order valence-corrected chi connectivity index (χ4v) is 2.36. The van der Waals surface area contributed by atoms with Crippen LogP contribution in [0.25, 0.3) is 0 Å². The molecule has 0 aliphatic heterocycles. The summed E-state index contributed by atoms with van der Waals surface area (Å²) >= 11 is 5.99. The topological polar surface area (TPSA) is 52.6 Å². The van der Waals surface area contributed by atoms with Gasteiger partial charge in [0.1, 0.15) is 0 Å². The Morgan fingerprint density at radius 2 is 1.24 bits per heavy atom. The van der Waals surface area contributed by atoms with Crippen molar-refractivity contribution in [3.63, 3.8) is 0 Å². The zero-order valence-electron chi connectivity index (χ0n) is 15.7. The van der Waals surface area contributed by atoms with Gasteiger partial charge in [0.15, 0.2) is 0 Å². The lowest BCUT2D eigenvalue weighted by Crippen LogP contribution is -2.29. The molecule has 2 rings (SSSR count). The summed E-state index contributed by atoms with van der Waals surface area (Å²) < 4.78 is 11.5. The van der Waals surface area contributed by atoms with Crippen LogP contribution in [0.5, 0.6) is 0 Å². The van der Waals surface area contributed by atoms with Crippen LogP contribution in [0, 0.1) is 10.8 Å². The van der Waals surface area contributed by atoms with Crippen molar-refractivity contribution >= 4 is 23.2 Å². The number of hydrogen-bond donors (Lipinski definition) is 0. The second-order valence-electron chi connectivity index (χ2n) is 8.71. The molecule has 0 aromatic heterocycles. The van der Waals surface area contributed by atoms with Crippen LogP contribution in [0.3, 0.4) is 0 Å². The highest BCUT2D eigenvalue weighted by molar-refractivity contribution is 6.32. The Balaban J connectivity index is 2.46. The number of rotatable bonds is 4. The molecule has 25 heavy (non-hydrogen) atoms. The standard InChI is InChI=1S/C20H25ClO4/c1-19(2,3)10-24-17-15(22)13-8-7-12(21)9-14(13)16(23)18(17)25-11-20(4,5)6/h7-9H,10-11H2,1-6H3. The van der Waals surface area contributed by atoms with Gasteiger partial charge in [-0.2, -0.15) is 0 Å². The summed E-state index contributed by atoms with van der Waals surface area (Å²) in [4.78, 5) is 25.8. The molecule has 136 valence electrons. The molecule has 0 atom stereocenters. The molecule has 0 bridgehead atoms. The molecule has 1 aromatic rings. The molecule has 4 nitrogen and oxygen atoms in total. The van der Waals surface area contributed by atoms with Crippen molar-refractivity contribution in [1.82, 2.24) is 0 Å². The van der Waals surface area contributed by atoms with Gasteiger partial charge in [0.05, 0.1) is 13.2 Å². The van der Waals surface area contributed by atoms with Crippen LogP contribution in [0.4, 0.5) is 0 Å². The van der Waals surface area contributed by atoms with Crippen molar-refractivity contribution in [3.05, 3.63) is 45.9 Å². The molecule has 0 heterocycles. The van der Waals surface area contributed by atoms with Crippen molar-refractivity contribution in [2.75, 3.05) is 13.2 Å². The van der Waals surface area contributed by atoms with Crippen molar-refractivity contribution in [3.8, 4) is 0 Å². The normalized spacial score (nSPS) is 15.3. The fraction of sp³-hybridized carbons (Fsp3) is 0.500. The van der Waals surface area contributed by atoms with Crippen LogP contribution >= 0.6 is 11.6 Å². The van der Waals surface area contributed by atoms with Gasteiger partial charge in [0, 0.05) is 16.1 Å². The van der Waals surface area contributed by atoms with Gasteiger partial charge in [-0.25, -0.2) is 0 Å². The zero-order chi connectivity index (χ0) is 19.0. The number of ketones is 2. The summed E-state index contributed by atoms with van der Waals surface area (Å²) in [6.45, 7) is 12.5. The number of benzene rings is 1. The third-order valence-electron chi connectivity index (χ3n) is 3.39. The van der Waals surface area contributed by atoms with Crippen LogP contribution in [0.15, 0.2) is 29.7 Å². The molecule has 0 N–H and O–H groups in total. The number of hydrogen-bond acceptors (Lipinski definition) is 4. The van der Waals surface area contributed by atoms with Crippen LogP contribution < -0.4 is 0 Å². The predicted octanol–water partition coefficient (Wildman–Crippen LogP) is 5.06. The molecule has 1 aliphatic carbocycles. The predicted molar refractivity (Wildman–Crippen MR) is 98.0 cm³/mol. The minimum Gasteiger partial charge on any atom is -0.486 e. The SMILES string of the molecule is CC(C)(C)COC1=C(OCC(C)(C)C)C(=O)c2cc(Cl)ccc2C1=O. The molecular weight excluding hydrogens is 340 g/mol. The molecule has 0 saturated heterocycles. The number of carbonyl (C=O) groups is 2. The number of ether oxygens (including phenoxy) is 2. The van der Waals surface area contributed by atoms with Gasteiger partial charge < -0.3 is 9.47 Å². The maximum atomic E-state index is 12.9. The van der Waals surface area contributed by atoms with Crippen LogP contribution in [0.2, 0.25) is 5.02 Å². The highest BCUT2D eigenvalue weighted by Gasteiger charge is 2.36. The van der Waals surface area contributed by atoms with E-state index in [0.29, 0.717) is 23.8 Å². The van der Waals surface area contributed by atoms with E-state index in [9.17, 15) is 9.59 Å². The zero-order valence-corrected chi connectivity index (χ0v) is 16.4. The smallest absolute Gasteiger partial charge is 0.232 e. The second-order valence-corrected chi connectivity index (χ2v) is 9.14. The first-order valence-electron chi connectivity index (χ1n) is 8.28. The molecule has 0 fully saturated rings. The van der Waals surface area contributed by atoms with Gasteiger partial charge in [-0.15, -0.1) is 0 Å². The van der Waals surface area contributed by atoms with Crippen molar-refractivity contribution < 1.29 is 19.1 Å². The fourth-order valence-electron chi connectivity index (χ4n) is 2.19. The highest BCUT2D eigenvalue weighted by Crippen LogP contribution is 2.32. The number of fused-ring (bicyclic) bond motifs is 1. The van der Waals surface area contributed by atoms with E-state index in [-0.39, 0.29) is 39.5 Å². The quantitative estimate of drug-likeness (QED) is 0.749. The first-order chi connectivity index (χ1) is 11.4. The van der Waals surface area contributed by atoms with E-state index in [0.717, 1.165) is 0 Å². The lowest BCUT2D eigenvalue weighted by Gasteiger charge is -2.26. The maximum Gasteiger partial charge on any atom is 0.232 e. The number of allylic oxidation sites excluding steroid dienone is 2. The number of Topliss-reactive ketones (excluding diaryl/α,β-unsaturated/α-hetero) is 2.